The number of ether oxygens (including phenoxy) is 1. The van der Waals surface area contributed by atoms with Crippen LogP contribution in [0.5, 0.6) is 0 Å². The molecular weight excluding hydrogens is 278 g/mol. The second-order valence-electron chi connectivity index (χ2n) is 6.84. The lowest BCUT2D eigenvalue weighted by atomic mass is 9.89. The Hall–Kier alpha value is -1.91. The van der Waals surface area contributed by atoms with E-state index in [1.165, 1.54) is 5.56 Å². The molecule has 5 heteroatoms. The van der Waals surface area contributed by atoms with Gasteiger partial charge in [-0.1, -0.05) is 6.07 Å². The highest BCUT2D eigenvalue weighted by atomic mass is 16.6. The molecule has 22 heavy (non-hydrogen) atoms. The van der Waals surface area contributed by atoms with E-state index in [-0.39, 0.29) is 6.09 Å². The number of rotatable bonds is 2. The summed E-state index contributed by atoms with van der Waals surface area (Å²) in [5, 5.41) is 3.07. The van der Waals surface area contributed by atoms with Gasteiger partial charge >= 0.3 is 6.09 Å². The fourth-order valence-corrected chi connectivity index (χ4v) is 2.78. The van der Waals surface area contributed by atoms with Crippen LogP contribution in [0.2, 0.25) is 0 Å². The maximum atomic E-state index is 12.1. The molecule has 3 N–H and O–H groups in total. The van der Waals surface area contributed by atoms with E-state index in [1.807, 2.05) is 40.0 Å². The van der Waals surface area contributed by atoms with E-state index in [2.05, 4.69) is 11.4 Å². The minimum absolute atomic E-state index is 0.212. The highest BCUT2D eigenvalue weighted by molar-refractivity contribution is 5.68. The summed E-state index contributed by atoms with van der Waals surface area (Å²) in [5.41, 5.74) is 8.57. The number of nitrogens with zero attached hydrogens (tertiary/aromatic N) is 1. The first-order chi connectivity index (χ1) is 10.3. The molecule has 0 bridgehead atoms. The van der Waals surface area contributed by atoms with Crippen molar-refractivity contribution in [2.24, 2.45) is 0 Å². The van der Waals surface area contributed by atoms with E-state index in [0.717, 1.165) is 37.3 Å². The van der Waals surface area contributed by atoms with Crippen molar-refractivity contribution in [3.63, 3.8) is 0 Å². The van der Waals surface area contributed by atoms with Gasteiger partial charge in [0, 0.05) is 20.1 Å². The van der Waals surface area contributed by atoms with Gasteiger partial charge in [-0.2, -0.15) is 0 Å². The van der Waals surface area contributed by atoms with Crippen LogP contribution < -0.4 is 11.1 Å². The second-order valence-corrected chi connectivity index (χ2v) is 6.84. The topological polar surface area (TPSA) is 67.6 Å². The number of carbonyl (C=O) groups is 1. The number of hydrogen-bond donors (Lipinski definition) is 2. The first-order valence-electron chi connectivity index (χ1n) is 7.85. The standard InChI is InChI=1S/C17H27N3O2/c1-17(2,3)22-16(21)20-9-7-12(8-10-20)13-5-6-15(19-4)14(18)11-13/h5-6,11-12,19H,7-10,18H2,1-4H3. The molecule has 1 saturated heterocycles. The highest BCUT2D eigenvalue weighted by Crippen LogP contribution is 2.31. The van der Waals surface area contributed by atoms with E-state index in [1.54, 1.807) is 4.90 Å². The summed E-state index contributed by atoms with van der Waals surface area (Å²) in [5.74, 6) is 0.451. The third-order valence-electron chi connectivity index (χ3n) is 3.96. The summed E-state index contributed by atoms with van der Waals surface area (Å²) in [6.07, 6.45) is 1.67. The molecule has 1 aromatic carbocycles. The van der Waals surface area contributed by atoms with Crippen molar-refractivity contribution in [1.29, 1.82) is 0 Å². The smallest absolute Gasteiger partial charge is 0.410 e. The molecule has 1 aliphatic rings. The average molecular weight is 305 g/mol. The summed E-state index contributed by atoms with van der Waals surface area (Å²) in [6, 6.07) is 6.18. The third kappa shape index (κ3) is 4.06. The van der Waals surface area contributed by atoms with Crippen molar-refractivity contribution in [1.82, 2.24) is 4.90 Å². The Morgan fingerprint density at radius 1 is 1.32 bits per heavy atom. The van der Waals surface area contributed by atoms with Crippen LogP contribution in [-0.4, -0.2) is 36.7 Å². The highest BCUT2D eigenvalue weighted by Gasteiger charge is 2.27. The molecule has 5 nitrogen and oxygen atoms in total. The van der Waals surface area contributed by atoms with Crippen LogP contribution in [0.3, 0.4) is 0 Å². The molecule has 1 aliphatic heterocycles. The average Bonchev–Trinajstić information content (AvgIpc) is 2.45. The fraction of sp³-hybridized carbons (Fsp3) is 0.588. The Morgan fingerprint density at radius 3 is 2.45 bits per heavy atom. The molecule has 0 atom stereocenters. The normalized spacial score (nSPS) is 16.5. The Bertz CT molecular complexity index is 529. The lowest BCUT2D eigenvalue weighted by Gasteiger charge is -2.33. The monoisotopic (exact) mass is 305 g/mol. The van der Waals surface area contributed by atoms with Crippen molar-refractivity contribution in [2.45, 2.75) is 45.1 Å². The predicted molar refractivity (Wildman–Crippen MR) is 90.2 cm³/mol. The minimum atomic E-state index is -0.439. The van der Waals surface area contributed by atoms with Gasteiger partial charge in [0.2, 0.25) is 0 Å². The zero-order valence-corrected chi connectivity index (χ0v) is 14.0. The minimum Gasteiger partial charge on any atom is -0.444 e. The molecule has 0 unspecified atom stereocenters. The van der Waals surface area contributed by atoms with Crippen LogP contribution in [0.25, 0.3) is 0 Å². The van der Waals surface area contributed by atoms with Crippen molar-refractivity contribution in [3.8, 4) is 0 Å². The number of piperidine rings is 1. The molecule has 1 fully saturated rings. The zero-order valence-electron chi connectivity index (χ0n) is 14.0. The van der Waals surface area contributed by atoms with E-state index in [9.17, 15) is 4.79 Å². The predicted octanol–water partition coefficient (Wildman–Crippen LogP) is 3.43. The number of carbonyl (C=O) groups excluding carboxylic acids is 1. The maximum Gasteiger partial charge on any atom is 0.410 e. The van der Waals surface area contributed by atoms with Crippen molar-refractivity contribution in [2.75, 3.05) is 31.2 Å². The Kier molecular flexibility index (Phi) is 4.84. The zero-order chi connectivity index (χ0) is 16.3. The van der Waals surface area contributed by atoms with Gasteiger partial charge in [0.25, 0.3) is 0 Å². The molecular formula is C17H27N3O2. The molecule has 2 rings (SSSR count). The number of likely N-dealkylation sites (tertiary alicyclic amines) is 1. The molecule has 0 spiro atoms. The summed E-state index contributed by atoms with van der Waals surface area (Å²) in [4.78, 5) is 13.9. The van der Waals surface area contributed by atoms with E-state index < -0.39 is 5.60 Å². The van der Waals surface area contributed by atoms with Crippen LogP contribution >= 0.6 is 0 Å². The lowest BCUT2D eigenvalue weighted by Crippen LogP contribution is -2.41. The lowest BCUT2D eigenvalue weighted by molar-refractivity contribution is 0.0205. The van der Waals surface area contributed by atoms with Crippen LogP contribution in [0, 0.1) is 0 Å². The van der Waals surface area contributed by atoms with Gasteiger partial charge in [0.15, 0.2) is 0 Å². The summed E-state index contributed by atoms with van der Waals surface area (Å²) >= 11 is 0. The SMILES string of the molecule is CNc1ccc(C2CCN(C(=O)OC(C)(C)C)CC2)cc1N. The summed E-state index contributed by atoms with van der Waals surface area (Å²) in [7, 11) is 1.87. The number of amides is 1. The van der Waals surface area contributed by atoms with Gasteiger partial charge < -0.3 is 20.7 Å². The van der Waals surface area contributed by atoms with Crippen LogP contribution in [0.15, 0.2) is 18.2 Å². The third-order valence-corrected chi connectivity index (χ3v) is 3.96. The van der Waals surface area contributed by atoms with Crippen molar-refractivity contribution in [3.05, 3.63) is 23.8 Å². The second kappa shape index (κ2) is 6.46. The quantitative estimate of drug-likeness (QED) is 0.822. The molecule has 1 amide bonds. The van der Waals surface area contributed by atoms with Crippen molar-refractivity contribution >= 4 is 17.5 Å². The molecule has 0 aromatic heterocycles. The van der Waals surface area contributed by atoms with E-state index in [4.69, 9.17) is 10.5 Å². The number of anilines is 2. The van der Waals surface area contributed by atoms with E-state index >= 15 is 0 Å². The number of benzene rings is 1. The van der Waals surface area contributed by atoms with Crippen LogP contribution in [-0.2, 0) is 4.74 Å². The first kappa shape index (κ1) is 16.5. The van der Waals surface area contributed by atoms with Crippen molar-refractivity contribution < 1.29 is 9.53 Å². The van der Waals surface area contributed by atoms with Gasteiger partial charge in [-0.05, 0) is 57.2 Å². The Labute approximate surface area is 132 Å². The van der Waals surface area contributed by atoms with Crippen LogP contribution in [0.4, 0.5) is 16.2 Å². The summed E-state index contributed by atoms with van der Waals surface area (Å²) < 4.78 is 5.43. The number of nitrogen functional groups attached to an aromatic ring is 1. The van der Waals surface area contributed by atoms with Gasteiger partial charge in [0.05, 0.1) is 11.4 Å². The van der Waals surface area contributed by atoms with Gasteiger partial charge in [-0.25, -0.2) is 4.79 Å². The number of nitrogens with two attached hydrogens (primary N) is 1. The van der Waals surface area contributed by atoms with Gasteiger partial charge in [0.1, 0.15) is 5.60 Å². The number of hydrogen-bond acceptors (Lipinski definition) is 4. The number of nitrogens with one attached hydrogen (secondary N) is 1. The Balaban J connectivity index is 1.94. The molecule has 0 saturated carbocycles. The molecule has 122 valence electrons. The summed E-state index contributed by atoms with van der Waals surface area (Å²) in [6.45, 7) is 7.14. The maximum absolute atomic E-state index is 12.1. The van der Waals surface area contributed by atoms with E-state index in [0.29, 0.717) is 5.92 Å². The van der Waals surface area contributed by atoms with Crippen LogP contribution in [0.1, 0.15) is 45.1 Å². The Morgan fingerprint density at radius 2 is 1.95 bits per heavy atom. The van der Waals surface area contributed by atoms with Gasteiger partial charge in [-0.15, -0.1) is 0 Å². The molecule has 1 aromatic rings. The van der Waals surface area contributed by atoms with Gasteiger partial charge in [-0.3, -0.25) is 0 Å². The first-order valence-corrected chi connectivity index (χ1v) is 7.85. The fourth-order valence-electron chi connectivity index (χ4n) is 2.78. The molecule has 1 heterocycles. The largest absolute Gasteiger partial charge is 0.444 e. The molecule has 0 radical (unpaired) electrons. The molecule has 0 aliphatic carbocycles.